The molecule has 96 valence electrons. The van der Waals surface area contributed by atoms with Gasteiger partial charge in [0.15, 0.2) is 5.13 Å². The largest absolute Gasteiger partial charge is 0.361 e. The van der Waals surface area contributed by atoms with Crippen molar-refractivity contribution in [3.63, 3.8) is 0 Å². The zero-order valence-electron chi connectivity index (χ0n) is 10.1. The van der Waals surface area contributed by atoms with Gasteiger partial charge in [0.2, 0.25) is 0 Å². The van der Waals surface area contributed by atoms with E-state index in [1.165, 1.54) is 5.56 Å². The number of benzene rings is 1. The maximum atomic E-state index is 6.13. The minimum atomic E-state index is 0.760. The Hall–Kier alpha value is -1.65. The summed E-state index contributed by atoms with van der Waals surface area (Å²) in [6.45, 7) is 0.836. The van der Waals surface area contributed by atoms with Crippen LogP contribution in [0.15, 0.2) is 42.7 Å². The van der Waals surface area contributed by atoms with Gasteiger partial charge in [0, 0.05) is 18.9 Å². The van der Waals surface area contributed by atoms with Crippen molar-refractivity contribution in [1.29, 1.82) is 0 Å². The van der Waals surface area contributed by atoms with Gasteiger partial charge < -0.3 is 5.32 Å². The van der Waals surface area contributed by atoms with Crippen molar-refractivity contribution in [2.24, 2.45) is 0 Å². The summed E-state index contributed by atoms with van der Waals surface area (Å²) in [6, 6.07) is 9.81. The fraction of sp³-hybridized carbons (Fsp3) is 0.143. The molecule has 0 aliphatic carbocycles. The molecule has 2 heterocycles. The summed E-state index contributed by atoms with van der Waals surface area (Å²) in [7, 11) is 0. The average Bonchev–Trinajstić information content (AvgIpc) is 2.84. The highest BCUT2D eigenvalue weighted by atomic mass is 35.5. The summed E-state index contributed by atoms with van der Waals surface area (Å²) < 4.78 is 1.04. The van der Waals surface area contributed by atoms with E-state index in [1.54, 1.807) is 17.5 Å². The number of hydrogen-bond donors (Lipinski definition) is 1. The first-order valence-corrected chi connectivity index (χ1v) is 7.20. The van der Waals surface area contributed by atoms with Crippen LogP contribution in [0.5, 0.6) is 0 Å². The molecule has 1 N–H and O–H groups in total. The molecule has 1 aromatic carbocycles. The molecule has 0 saturated heterocycles. The van der Waals surface area contributed by atoms with E-state index in [9.17, 15) is 0 Å². The summed E-state index contributed by atoms with van der Waals surface area (Å²) >= 11 is 7.72. The van der Waals surface area contributed by atoms with Crippen LogP contribution in [0.4, 0.5) is 5.13 Å². The molecule has 0 amide bonds. The summed E-state index contributed by atoms with van der Waals surface area (Å²) in [5.74, 6) is 0. The third-order valence-electron chi connectivity index (χ3n) is 2.78. The maximum Gasteiger partial charge on any atom is 0.183 e. The average molecular weight is 290 g/mol. The third kappa shape index (κ3) is 2.85. The highest BCUT2D eigenvalue weighted by Crippen LogP contribution is 2.31. The first-order chi connectivity index (χ1) is 9.33. The predicted octanol–water partition coefficient (Wildman–Crippen LogP) is 4.00. The van der Waals surface area contributed by atoms with Crippen LogP contribution < -0.4 is 5.32 Å². The predicted molar refractivity (Wildman–Crippen MR) is 81.1 cm³/mol. The van der Waals surface area contributed by atoms with Crippen molar-refractivity contribution in [3.8, 4) is 0 Å². The topological polar surface area (TPSA) is 37.8 Å². The molecule has 0 spiro atoms. The number of anilines is 1. The molecular formula is C14H12ClN3S. The van der Waals surface area contributed by atoms with Gasteiger partial charge in [-0.05, 0) is 30.2 Å². The van der Waals surface area contributed by atoms with Gasteiger partial charge in [-0.3, -0.25) is 4.98 Å². The monoisotopic (exact) mass is 289 g/mol. The molecule has 0 saturated carbocycles. The van der Waals surface area contributed by atoms with Gasteiger partial charge in [0.1, 0.15) is 0 Å². The van der Waals surface area contributed by atoms with E-state index >= 15 is 0 Å². The number of thiazole rings is 1. The van der Waals surface area contributed by atoms with Crippen LogP contribution in [-0.4, -0.2) is 16.5 Å². The van der Waals surface area contributed by atoms with Crippen molar-refractivity contribution in [2.45, 2.75) is 6.42 Å². The van der Waals surface area contributed by atoms with E-state index in [0.717, 1.165) is 33.3 Å². The van der Waals surface area contributed by atoms with Crippen LogP contribution in [-0.2, 0) is 6.42 Å². The number of fused-ring (bicyclic) bond motifs is 1. The third-order valence-corrected chi connectivity index (χ3v) is 4.27. The van der Waals surface area contributed by atoms with Gasteiger partial charge in [0.05, 0.1) is 15.2 Å². The number of rotatable bonds is 4. The van der Waals surface area contributed by atoms with E-state index in [1.807, 2.05) is 30.5 Å². The van der Waals surface area contributed by atoms with Crippen LogP contribution in [0.25, 0.3) is 10.2 Å². The minimum absolute atomic E-state index is 0.760. The summed E-state index contributed by atoms with van der Waals surface area (Å²) in [4.78, 5) is 8.61. The minimum Gasteiger partial charge on any atom is -0.361 e. The van der Waals surface area contributed by atoms with E-state index in [2.05, 4.69) is 21.4 Å². The van der Waals surface area contributed by atoms with E-state index < -0.39 is 0 Å². The number of pyridine rings is 1. The van der Waals surface area contributed by atoms with Gasteiger partial charge in [-0.1, -0.05) is 35.1 Å². The van der Waals surface area contributed by atoms with Crippen molar-refractivity contribution >= 4 is 38.3 Å². The van der Waals surface area contributed by atoms with Crippen molar-refractivity contribution in [1.82, 2.24) is 9.97 Å². The lowest BCUT2D eigenvalue weighted by Crippen LogP contribution is -2.04. The lowest BCUT2D eigenvalue weighted by atomic mass is 10.2. The van der Waals surface area contributed by atoms with Gasteiger partial charge in [-0.15, -0.1) is 0 Å². The summed E-state index contributed by atoms with van der Waals surface area (Å²) in [5, 5.41) is 5.00. The van der Waals surface area contributed by atoms with Crippen LogP contribution in [0.1, 0.15) is 5.56 Å². The fourth-order valence-corrected chi connectivity index (χ4v) is 3.03. The second-order valence-electron chi connectivity index (χ2n) is 4.15. The quantitative estimate of drug-likeness (QED) is 0.789. The molecule has 3 aromatic rings. The fourth-order valence-electron chi connectivity index (χ4n) is 1.85. The second-order valence-corrected chi connectivity index (χ2v) is 5.55. The molecule has 0 aliphatic heterocycles. The summed E-state index contributed by atoms with van der Waals surface area (Å²) in [6.07, 6.45) is 4.60. The van der Waals surface area contributed by atoms with E-state index in [4.69, 9.17) is 11.6 Å². The molecule has 0 unspecified atom stereocenters. The molecule has 3 rings (SSSR count). The van der Waals surface area contributed by atoms with Crippen LogP contribution >= 0.6 is 22.9 Å². The molecule has 0 aliphatic rings. The van der Waals surface area contributed by atoms with Crippen molar-refractivity contribution in [2.75, 3.05) is 11.9 Å². The molecule has 0 atom stereocenters. The molecule has 0 fully saturated rings. The van der Waals surface area contributed by atoms with Crippen LogP contribution in [0.3, 0.4) is 0 Å². The Balaban J connectivity index is 1.67. The highest BCUT2D eigenvalue weighted by Gasteiger charge is 2.05. The smallest absolute Gasteiger partial charge is 0.183 e. The normalized spacial score (nSPS) is 10.8. The SMILES string of the molecule is Clc1cccc2nc(NCCc3cccnc3)sc12. The number of nitrogens with one attached hydrogen (secondary N) is 1. The van der Waals surface area contributed by atoms with Crippen LogP contribution in [0, 0.1) is 0 Å². The number of nitrogens with zero attached hydrogens (tertiary/aromatic N) is 2. The molecule has 19 heavy (non-hydrogen) atoms. The van der Waals surface area contributed by atoms with Crippen molar-refractivity contribution in [3.05, 3.63) is 53.3 Å². The number of halogens is 1. The first kappa shape index (κ1) is 12.4. The molecule has 3 nitrogen and oxygen atoms in total. The Labute approximate surface area is 120 Å². The molecule has 0 radical (unpaired) electrons. The van der Waals surface area contributed by atoms with E-state index in [-0.39, 0.29) is 0 Å². The van der Waals surface area contributed by atoms with Gasteiger partial charge >= 0.3 is 0 Å². The van der Waals surface area contributed by atoms with Crippen LogP contribution in [0.2, 0.25) is 5.02 Å². The zero-order chi connectivity index (χ0) is 13.1. The maximum absolute atomic E-state index is 6.13. The van der Waals surface area contributed by atoms with Gasteiger partial charge in [0.25, 0.3) is 0 Å². The Kier molecular flexibility index (Phi) is 3.62. The zero-order valence-corrected chi connectivity index (χ0v) is 11.7. The molecular weight excluding hydrogens is 278 g/mol. The second kappa shape index (κ2) is 5.55. The van der Waals surface area contributed by atoms with Crippen molar-refractivity contribution < 1.29 is 0 Å². The standard InChI is InChI=1S/C14H12ClN3S/c15-11-4-1-5-12-13(11)19-14(18-12)17-8-6-10-3-2-7-16-9-10/h1-5,7,9H,6,8H2,(H,17,18). The number of hydrogen-bond acceptors (Lipinski definition) is 4. The Bertz CT molecular complexity index is 681. The lowest BCUT2D eigenvalue weighted by molar-refractivity contribution is 1.00. The Morgan fingerprint density at radius 2 is 2.16 bits per heavy atom. The number of aromatic nitrogens is 2. The Morgan fingerprint density at radius 1 is 1.21 bits per heavy atom. The summed E-state index contributed by atoms with van der Waals surface area (Å²) in [5.41, 5.74) is 2.16. The molecule has 5 heteroatoms. The highest BCUT2D eigenvalue weighted by molar-refractivity contribution is 7.22. The first-order valence-electron chi connectivity index (χ1n) is 6.01. The van der Waals surface area contributed by atoms with Gasteiger partial charge in [-0.25, -0.2) is 4.98 Å². The molecule has 2 aromatic heterocycles. The van der Waals surface area contributed by atoms with E-state index in [0.29, 0.717) is 0 Å². The molecule has 0 bridgehead atoms. The Morgan fingerprint density at radius 3 is 2.95 bits per heavy atom. The lowest BCUT2D eigenvalue weighted by Gasteiger charge is -2.01. The van der Waals surface area contributed by atoms with Gasteiger partial charge in [-0.2, -0.15) is 0 Å².